The lowest BCUT2D eigenvalue weighted by atomic mass is 10.3. The van der Waals surface area contributed by atoms with E-state index >= 15 is 0 Å². The van der Waals surface area contributed by atoms with Gasteiger partial charge < -0.3 is 14.2 Å². The number of rotatable bonds is 8. The smallest absolute Gasteiger partial charge is 0.414 e. The highest BCUT2D eigenvalue weighted by atomic mass is 19.4. The van der Waals surface area contributed by atoms with Gasteiger partial charge in [0.1, 0.15) is 6.10 Å². The molecule has 0 fully saturated rings. The second kappa shape index (κ2) is 8.10. The van der Waals surface area contributed by atoms with Crippen LogP contribution in [0, 0.1) is 0 Å². The summed E-state index contributed by atoms with van der Waals surface area (Å²) in [4.78, 5) is 10.8. The Kier molecular flexibility index (Phi) is 7.61. The van der Waals surface area contributed by atoms with Gasteiger partial charge >= 0.3 is 12.1 Å². The van der Waals surface area contributed by atoms with Crippen molar-refractivity contribution < 1.29 is 32.2 Å². The lowest BCUT2D eigenvalue weighted by molar-refractivity contribution is -0.222. The molecule has 0 amide bonds. The summed E-state index contributed by atoms with van der Waals surface area (Å²) >= 11 is 0. The van der Waals surface area contributed by atoms with Crippen LogP contribution < -0.4 is 0 Å². The molecular weight excluding hydrogens is 253 g/mol. The van der Waals surface area contributed by atoms with Crippen LogP contribution in [0.2, 0.25) is 0 Å². The van der Waals surface area contributed by atoms with Gasteiger partial charge in [-0.1, -0.05) is 6.08 Å². The molecule has 4 nitrogen and oxygen atoms in total. The lowest BCUT2D eigenvalue weighted by Crippen LogP contribution is -2.34. The van der Waals surface area contributed by atoms with E-state index in [0.717, 1.165) is 13.8 Å². The van der Waals surface area contributed by atoms with Crippen molar-refractivity contribution in [3.05, 3.63) is 12.7 Å². The van der Waals surface area contributed by atoms with Crippen LogP contribution in [0.1, 0.15) is 13.8 Å². The van der Waals surface area contributed by atoms with Gasteiger partial charge in [0.25, 0.3) is 0 Å². The maximum Gasteiger partial charge on any atom is 0.414 e. The summed E-state index contributed by atoms with van der Waals surface area (Å²) in [6, 6.07) is 0. The molecule has 0 aromatic rings. The van der Waals surface area contributed by atoms with Crippen molar-refractivity contribution in [2.24, 2.45) is 0 Å². The number of carbonyl (C=O) groups excluding carboxylic acids is 1. The van der Waals surface area contributed by atoms with E-state index < -0.39 is 24.4 Å². The summed E-state index contributed by atoms with van der Waals surface area (Å²) in [5.41, 5.74) is 0. The van der Waals surface area contributed by atoms with E-state index in [0.29, 0.717) is 0 Å². The molecule has 0 radical (unpaired) electrons. The third-order valence-corrected chi connectivity index (χ3v) is 1.87. The van der Waals surface area contributed by atoms with Crippen LogP contribution in [-0.4, -0.2) is 44.2 Å². The van der Waals surface area contributed by atoms with Crippen LogP contribution in [0.3, 0.4) is 0 Å². The van der Waals surface area contributed by atoms with Crippen molar-refractivity contribution in [3.8, 4) is 0 Å². The fraction of sp³-hybridized carbons (Fsp3) is 0.727. The summed E-state index contributed by atoms with van der Waals surface area (Å²) in [5.74, 6) is -0.606. The number of esters is 1. The van der Waals surface area contributed by atoms with Gasteiger partial charge in [0.2, 0.25) is 0 Å². The average Bonchev–Trinajstić information content (AvgIpc) is 2.23. The molecule has 2 unspecified atom stereocenters. The minimum Gasteiger partial charge on any atom is -0.458 e. The summed E-state index contributed by atoms with van der Waals surface area (Å²) < 4.78 is 50.9. The number of hydrogen-bond acceptors (Lipinski definition) is 4. The Morgan fingerprint density at radius 1 is 1.39 bits per heavy atom. The largest absolute Gasteiger partial charge is 0.458 e. The van der Waals surface area contributed by atoms with E-state index in [2.05, 4.69) is 11.3 Å². The second-order valence-electron chi connectivity index (χ2n) is 3.57. The third-order valence-electron chi connectivity index (χ3n) is 1.87. The molecule has 0 saturated heterocycles. The topological polar surface area (TPSA) is 44.8 Å². The Bertz CT molecular complexity index is 266. The van der Waals surface area contributed by atoms with Crippen molar-refractivity contribution >= 4 is 5.97 Å². The fourth-order valence-electron chi connectivity index (χ4n) is 0.980. The highest BCUT2D eigenvalue weighted by Gasteiger charge is 2.37. The maximum absolute atomic E-state index is 12.2. The Hall–Kier alpha value is -1.08. The Balaban J connectivity index is 4.14. The Morgan fingerprint density at radius 2 is 2.00 bits per heavy atom. The first kappa shape index (κ1) is 16.9. The molecule has 0 saturated carbocycles. The van der Waals surface area contributed by atoms with Crippen LogP contribution in [0.25, 0.3) is 0 Å². The van der Waals surface area contributed by atoms with Crippen molar-refractivity contribution in [3.63, 3.8) is 0 Å². The molecule has 0 rings (SSSR count). The fourth-order valence-corrected chi connectivity index (χ4v) is 0.980. The number of carbonyl (C=O) groups is 1. The molecule has 0 aliphatic rings. The normalized spacial score (nSPS) is 14.9. The summed E-state index contributed by atoms with van der Waals surface area (Å²) in [7, 11) is 0. The molecule has 0 aliphatic heterocycles. The summed E-state index contributed by atoms with van der Waals surface area (Å²) in [6.07, 6.45) is -5.76. The highest BCUT2D eigenvalue weighted by Crippen LogP contribution is 2.22. The minimum atomic E-state index is -4.44. The van der Waals surface area contributed by atoms with Crippen LogP contribution in [0.5, 0.6) is 0 Å². The predicted octanol–water partition coefficient (Wildman–Crippen LogP) is 2.09. The van der Waals surface area contributed by atoms with E-state index in [1.54, 1.807) is 0 Å². The molecule has 0 aromatic heterocycles. The van der Waals surface area contributed by atoms with Crippen molar-refractivity contribution in [2.75, 3.05) is 19.8 Å². The molecule has 0 aromatic carbocycles. The van der Waals surface area contributed by atoms with Crippen LogP contribution >= 0.6 is 0 Å². The van der Waals surface area contributed by atoms with Gasteiger partial charge in [-0.3, -0.25) is 4.79 Å². The zero-order chi connectivity index (χ0) is 14.2. The molecule has 0 heterocycles. The van der Waals surface area contributed by atoms with E-state index in [1.165, 1.54) is 6.08 Å². The molecule has 106 valence electrons. The standard InChI is InChI=1S/C11H17F3O4/c1-4-5-16-6-10(18-9(3)15)7-17-8(2)11(12,13)14/h4,8,10H,1,5-7H2,2-3H3. The van der Waals surface area contributed by atoms with Gasteiger partial charge in [-0.15, -0.1) is 6.58 Å². The molecule has 7 heteroatoms. The van der Waals surface area contributed by atoms with Gasteiger partial charge in [0.05, 0.1) is 19.8 Å². The third kappa shape index (κ3) is 8.08. The maximum atomic E-state index is 12.2. The molecule has 0 spiro atoms. The molecule has 18 heavy (non-hydrogen) atoms. The zero-order valence-electron chi connectivity index (χ0n) is 10.3. The zero-order valence-corrected chi connectivity index (χ0v) is 10.3. The van der Waals surface area contributed by atoms with Crippen molar-refractivity contribution in [1.29, 1.82) is 0 Å². The van der Waals surface area contributed by atoms with E-state index in [-0.39, 0.29) is 19.8 Å². The average molecular weight is 270 g/mol. The van der Waals surface area contributed by atoms with E-state index in [9.17, 15) is 18.0 Å². The number of alkyl halides is 3. The van der Waals surface area contributed by atoms with Gasteiger partial charge in [-0.2, -0.15) is 13.2 Å². The minimum absolute atomic E-state index is 0.0455. The monoisotopic (exact) mass is 270 g/mol. The predicted molar refractivity (Wildman–Crippen MR) is 58.0 cm³/mol. The molecule has 0 N–H and O–H groups in total. The quantitative estimate of drug-likeness (QED) is 0.385. The first-order valence-electron chi connectivity index (χ1n) is 5.31. The second-order valence-corrected chi connectivity index (χ2v) is 3.57. The Labute approximate surface area is 104 Å². The van der Waals surface area contributed by atoms with Crippen LogP contribution in [0.15, 0.2) is 12.7 Å². The number of halogens is 3. The first-order valence-corrected chi connectivity index (χ1v) is 5.31. The molecule has 0 bridgehead atoms. The number of hydrogen-bond donors (Lipinski definition) is 0. The first-order chi connectivity index (χ1) is 8.27. The van der Waals surface area contributed by atoms with Gasteiger partial charge in [0.15, 0.2) is 6.10 Å². The van der Waals surface area contributed by atoms with E-state index in [4.69, 9.17) is 9.47 Å². The lowest BCUT2D eigenvalue weighted by Gasteiger charge is -2.21. The summed E-state index contributed by atoms with van der Waals surface area (Å²) in [5, 5.41) is 0. The molecule has 0 aliphatic carbocycles. The highest BCUT2D eigenvalue weighted by molar-refractivity contribution is 5.66. The van der Waals surface area contributed by atoms with Crippen LogP contribution in [0.4, 0.5) is 13.2 Å². The van der Waals surface area contributed by atoms with Gasteiger partial charge in [-0.05, 0) is 6.92 Å². The molecule has 2 atom stereocenters. The SMILES string of the molecule is C=CCOCC(COC(C)C(F)(F)F)OC(C)=O. The van der Waals surface area contributed by atoms with Crippen LogP contribution in [-0.2, 0) is 19.0 Å². The Morgan fingerprint density at radius 3 is 2.44 bits per heavy atom. The van der Waals surface area contributed by atoms with Gasteiger partial charge in [-0.25, -0.2) is 0 Å². The molecular formula is C11H17F3O4. The van der Waals surface area contributed by atoms with E-state index in [1.807, 2.05) is 0 Å². The van der Waals surface area contributed by atoms with Gasteiger partial charge in [0, 0.05) is 6.92 Å². The summed E-state index contributed by atoms with van der Waals surface area (Å²) in [6.45, 7) is 5.25. The van der Waals surface area contributed by atoms with Crippen molar-refractivity contribution in [1.82, 2.24) is 0 Å². The van der Waals surface area contributed by atoms with Crippen molar-refractivity contribution in [2.45, 2.75) is 32.2 Å². The number of ether oxygens (including phenoxy) is 3.